The van der Waals surface area contributed by atoms with E-state index in [2.05, 4.69) is 10.1 Å². The van der Waals surface area contributed by atoms with Crippen molar-refractivity contribution in [2.45, 2.75) is 17.0 Å². The predicted molar refractivity (Wildman–Crippen MR) is 87.1 cm³/mol. The summed E-state index contributed by atoms with van der Waals surface area (Å²) in [6.45, 7) is 1.99. The SMILES string of the molecule is Cc1ccc(Sc2cc(C=O)nn2-c2ccccc2Cl)nc1. The van der Waals surface area contributed by atoms with Gasteiger partial charge < -0.3 is 0 Å². The number of rotatable bonds is 4. The summed E-state index contributed by atoms with van der Waals surface area (Å²) in [7, 11) is 0. The van der Waals surface area contributed by atoms with Gasteiger partial charge in [0.2, 0.25) is 0 Å². The van der Waals surface area contributed by atoms with Gasteiger partial charge in [-0.15, -0.1) is 0 Å². The molecular weight excluding hydrogens is 318 g/mol. The molecule has 0 aliphatic carbocycles. The van der Waals surface area contributed by atoms with Crippen molar-refractivity contribution in [3.63, 3.8) is 0 Å². The molecule has 0 aliphatic rings. The molecule has 0 amide bonds. The maximum Gasteiger partial charge on any atom is 0.170 e. The molecule has 6 heteroatoms. The van der Waals surface area contributed by atoms with Gasteiger partial charge in [0.05, 0.1) is 10.7 Å². The topological polar surface area (TPSA) is 47.8 Å². The Labute approximate surface area is 137 Å². The summed E-state index contributed by atoms with van der Waals surface area (Å²) < 4.78 is 1.66. The first-order valence-electron chi connectivity index (χ1n) is 6.58. The van der Waals surface area contributed by atoms with Crippen LogP contribution in [0, 0.1) is 6.92 Å². The predicted octanol–water partition coefficient (Wildman–Crippen LogP) is 4.19. The molecule has 0 bridgehead atoms. The Morgan fingerprint density at radius 2 is 2.05 bits per heavy atom. The number of hydrogen-bond acceptors (Lipinski definition) is 4. The van der Waals surface area contributed by atoms with Gasteiger partial charge >= 0.3 is 0 Å². The van der Waals surface area contributed by atoms with E-state index in [1.165, 1.54) is 11.8 Å². The number of aldehydes is 1. The highest BCUT2D eigenvalue weighted by Gasteiger charge is 2.13. The van der Waals surface area contributed by atoms with Crippen molar-refractivity contribution in [2.24, 2.45) is 0 Å². The second-order valence-electron chi connectivity index (χ2n) is 4.66. The normalized spacial score (nSPS) is 10.6. The zero-order valence-corrected chi connectivity index (χ0v) is 13.3. The van der Waals surface area contributed by atoms with Crippen molar-refractivity contribution >= 4 is 29.6 Å². The Bertz CT molecular complexity index is 815. The monoisotopic (exact) mass is 329 g/mol. The second kappa shape index (κ2) is 6.34. The summed E-state index contributed by atoms with van der Waals surface area (Å²) in [4.78, 5) is 15.4. The van der Waals surface area contributed by atoms with Crippen LogP contribution in [0.25, 0.3) is 5.69 Å². The summed E-state index contributed by atoms with van der Waals surface area (Å²) in [6.07, 6.45) is 2.53. The smallest absolute Gasteiger partial charge is 0.170 e. The van der Waals surface area contributed by atoms with Crippen molar-refractivity contribution in [1.29, 1.82) is 0 Å². The third-order valence-corrected chi connectivity index (χ3v) is 4.26. The average Bonchev–Trinajstić information content (AvgIpc) is 2.93. The van der Waals surface area contributed by atoms with Crippen LogP contribution in [0.3, 0.4) is 0 Å². The summed E-state index contributed by atoms with van der Waals surface area (Å²) >= 11 is 7.67. The van der Waals surface area contributed by atoms with E-state index in [1.807, 2.05) is 37.3 Å². The minimum atomic E-state index is 0.356. The quantitative estimate of drug-likeness (QED) is 0.673. The Morgan fingerprint density at radius 1 is 1.23 bits per heavy atom. The largest absolute Gasteiger partial charge is 0.296 e. The van der Waals surface area contributed by atoms with Crippen molar-refractivity contribution in [2.75, 3.05) is 0 Å². The second-order valence-corrected chi connectivity index (χ2v) is 6.11. The van der Waals surface area contributed by atoms with E-state index in [0.29, 0.717) is 10.7 Å². The molecule has 0 atom stereocenters. The lowest BCUT2D eigenvalue weighted by Crippen LogP contribution is -1.99. The third kappa shape index (κ3) is 3.05. The number of hydrogen-bond donors (Lipinski definition) is 0. The minimum Gasteiger partial charge on any atom is -0.296 e. The van der Waals surface area contributed by atoms with Crippen LogP contribution in [0.4, 0.5) is 0 Å². The van der Waals surface area contributed by atoms with E-state index < -0.39 is 0 Å². The summed E-state index contributed by atoms with van der Waals surface area (Å²) in [5.41, 5.74) is 2.18. The van der Waals surface area contributed by atoms with E-state index in [0.717, 1.165) is 27.6 Å². The molecule has 22 heavy (non-hydrogen) atoms. The summed E-state index contributed by atoms with van der Waals surface area (Å²) in [5.74, 6) is 0. The van der Waals surface area contributed by atoms with Crippen LogP contribution in [0.5, 0.6) is 0 Å². The van der Waals surface area contributed by atoms with Crippen LogP contribution in [0.1, 0.15) is 16.1 Å². The molecule has 0 saturated carbocycles. The first-order chi connectivity index (χ1) is 10.7. The summed E-state index contributed by atoms with van der Waals surface area (Å²) in [6, 6.07) is 13.0. The van der Waals surface area contributed by atoms with Crippen LogP contribution in [0.15, 0.2) is 58.7 Å². The van der Waals surface area contributed by atoms with E-state index in [-0.39, 0.29) is 0 Å². The Kier molecular flexibility index (Phi) is 4.27. The first kappa shape index (κ1) is 14.8. The molecule has 0 unspecified atom stereocenters. The van der Waals surface area contributed by atoms with Gasteiger partial charge in [0, 0.05) is 12.3 Å². The number of carbonyl (C=O) groups excluding carboxylic acids is 1. The van der Waals surface area contributed by atoms with E-state index in [4.69, 9.17) is 11.6 Å². The van der Waals surface area contributed by atoms with Gasteiger partial charge in [0.15, 0.2) is 6.29 Å². The van der Waals surface area contributed by atoms with Crippen LogP contribution in [0.2, 0.25) is 5.02 Å². The third-order valence-electron chi connectivity index (χ3n) is 2.99. The van der Waals surface area contributed by atoms with Crippen molar-refractivity contribution < 1.29 is 4.79 Å². The van der Waals surface area contributed by atoms with Crippen LogP contribution in [-0.4, -0.2) is 21.1 Å². The number of pyridine rings is 1. The molecule has 110 valence electrons. The Balaban J connectivity index is 2.04. The maximum atomic E-state index is 11.1. The average molecular weight is 330 g/mol. The van der Waals surface area contributed by atoms with Gasteiger partial charge in [0.25, 0.3) is 0 Å². The molecule has 0 N–H and O–H groups in total. The van der Waals surface area contributed by atoms with Crippen LogP contribution >= 0.6 is 23.4 Å². The molecule has 0 aliphatic heterocycles. The Morgan fingerprint density at radius 3 is 2.73 bits per heavy atom. The lowest BCUT2D eigenvalue weighted by Gasteiger charge is -2.08. The molecule has 0 saturated heterocycles. The minimum absolute atomic E-state index is 0.356. The number of carbonyl (C=O) groups is 1. The molecule has 2 heterocycles. The van der Waals surface area contributed by atoms with Crippen LogP contribution in [-0.2, 0) is 0 Å². The fourth-order valence-electron chi connectivity index (χ4n) is 1.93. The van der Waals surface area contributed by atoms with Gasteiger partial charge in [-0.1, -0.05) is 29.8 Å². The molecule has 1 aromatic carbocycles. The van der Waals surface area contributed by atoms with Crippen molar-refractivity contribution in [1.82, 2.24) is 14.8 Å². The highest BCUT2D eigenvalue weighted by Crippen LogP contribution is 2.30. The number of aryl methyl sites for hydroxylation is 1. The standard InChI is InChI=1S/C16H12ClN3OS/c1-11-6-7-15(18-9-11)22-16-8-12(10-21)19-20(16)14-5-3-2-4-13(14)17/h2-10H,1H3. The number of halogens is 1. The van der Waals surface area contributed by atoms with Gasteiger partial charge in [-0.3, -0.25) is 4.79 Å². The zero-order chi connectivity index (χ0) is 15.5. The highest BCUT2D eigenvalue weighted by atomic mass is 35.5. The number of nitrogens with zero attached hydrogens (tertiary/aromatic N) is 3. The molecule has 0 fully saturated rings. The molecule has 3 aromatic rings. The molecule has 2 aromatic heterocycles. The highest BCUT2D eigenvalue weighted by molar-refractivity contribution is 7.99. The lowest BCUT2D eigenvalue weighted by atomic mass is 10.3. The first-order valence-corrected chi connectivity index (χ1v) is 7.77. The fraction of sp³-hybridized carbons (Fsp3) is 0.0625. The molecular formula is C16H12ClN3OS. The maximum absolute atomic E-state index is 11.1. The zero-order valence-electron chi connectivity index (χ0n) is 11.7. The molecule has 0 radical (unpaired) electrons. The van der Waals surface area contributed by atoms with Gasteiger partial charge in [-0.2, -0.15) is 5.10 Å². The van der Waals surface area contributed by atoms with Gasteiger partial charge in [-0.25, -0.2) is 9.67 Å². The fourth-order valence-corrected chi connectivity index (χ4v) is 3.01. The van der Waals surface area contributed by atoms with E-state index >= 15 is 0 Å². The lowest BCUT2D eigenvalue weighted by molar-refractivity contribution is 0.111. The number of aromatic nitrogens is 3. The number of para-hydroxylation sites is 1. The molecule has 0 spiro atoms. The van der Waals surface area contributed by atoms with Gasteiger partial charge in [0.1, 0.15) is 15.7 Å². The molecule has 4 nitrogen and oxygen atoms in total. The number of benzene rings is 1. The van der Waals surface area contributed by atoms with Gasteiger partial charge in [-0.05, 0) is 42.4 Å². The Hall–Kier alpha value is -2.11. The van der Waals surface area contributed by atoms with E-state index in [1.54, 1.807) is 23.0 Å². The van der Waals surface area contributed by atoms with Crippen molar-refractivity contribution in [3.8, 4) is 5.69 Å². The van der Waals surface area contributed by atoms with Crippen molar-refractivity contribution in [3.05, 3.63) is 64.9 Å². The molecule has 3 rings (SSSR count). The van der Waals surface area contributed by atoms with E-state index in [9.17, 15) is 4.79 Å². The summed E-state index contributed by atoms with van der Waals surface area (Å²) in [5, 5.41) is 6.47. The van der Waals surface area contributed by atoms with Crippen LogP contribution < -0.4 is 0 Å².